The van der Waals surface area contributed by atoms with Crippen LogP contribution in [-0.4, -0.2) is 9.78 Å². The monoisotopic (exact) mass is 330 g/mol. The first-order valence-electron chi connectivity index (χ1n) is 6.40. The van der Waals surface area contributed by atoms with Crippen molar-refractivity contribution in [2.75, 3.05) is 0 Å². The third kappa shape index (κ3) is 2.76. The molecule has 8 heteroatoms. The summed E-state index contributed by atoms with van der Waals surface area (Å²) in [6.07, 6.45) is -10.0. The molecule has 0 N–H and O–H groups in total. The molecule has 23 heavy (non-hydrogen) atoms. The largest absolute Gasteiger partial charge is 0.505 e. The Morgan fingerprint density at radius 1 is 0.826 bits per heavy atom. The summed E-state index contributed by atoms with van der Waals surface area (Å²) >= 11 is 0. The van der Waals surface area contributed by atoms with E-state index in [1.807, 2.05) is 0 Å². The van der Waals surface area contributed by atoms with Crippen LogP contribution in [0.3, 0.4) is 0 Å². The lowest BCUT2D eigenvalue weighted by atomic mass is 10.0. The molecular formula is C15H8F6N2. The zero-order chi connectivity index (χ0) is 16.8. The van der Waals surface area contributed by atoms with Gasteiger partial charge in [0.1, 0.15) is 0 Å². The smallest absolute Gasteiger partial charge is 0.170 e. The average Bonchev–Trinajstić information content (AvgIpc) is 2.92. The van der Waals surface area contributed by atoms with E-state index in [0.717, 1.165) is 0 Å². The lowest BCUT2D eigenvalue weighted by molar-refractivity contribution is -0.212. The summed E-state index contributed by atoms with van der Waals surface area (Å²) in [6.45, 7) is 0. The molecule has 0 unspecified atom stereocenters. The van der Waals surface area contributed by atoms with Gasteiger partial charge in [0, 0.05) is 5.56 Å². The minimum Gasteiger partial charge on any atom is -0.170 e. The molecular weight excluding hydrogens is 322 g/mol. The van der Waals surface area contributed by atoms with E-state index in [4.69, 9.17) is 0 Å². The topological polar surface area (TPSA) is 17.8 Å². The molecule has 0 bridgehead atoms. The molecule has 2 aromatic carbocycles. The number of hydrogen-bond donors (Lipinski definition) is 0. The number of rotatable bonds is 1. The van der Waals surface area contributed by atoms with Crippen LogP contribution in [0.2, 0.25) is 0 Å². The molecule has 0 fully saturated rings. The number of nitrogens with zero attached hydrogens (tertiary/aromatic N) is 2. The van der Waals surface area contributed by atoms with E-state index in [9.17, 15) is 26.3 Å². The molecule has 0 saturated heterocycles. The third-order valence-corrected chi connectivity index (χ3v) is 3.31. The van der Waals surface area contributed by atoms with Crippen LogP contribution < -0.4 is 0 Å². The zero-order valence-corrected chi connectivity index (χ0v) is 11.3. The van der Waals surface area contributed by atoms with Crippen LogP contribution in [0.15, 0.2) is 48.5 Å². The standard InChI is InChI=1S/C15H8F6N2/c16-14(17,18)13-8-12(23(22-13)15(19,20)21)11-7-3-5-9-4-1-2-6-10(9)11/h1-8H. The number of benzene rings is 2. The predicted molar refractivity (Wildman–Crippen MR) is 71.5 cm³/mol. The molecule has 0 spiro atoms. The van der Waals surface area contributed by atoms with E-state index in [-0.39, 0.29) is 5.56 Å². The molecule has 3 aromatic rings. The fourth-order valence-electron chi connectivity index (χ4n) is 2.35. The average molecular weight is 330 g/mol. The maximum atomic E-state index is 13.1. The van der Waals surface area contributed by atoms with Gasteiger partial charge in [-0.15, -0.1) is 13.2 Å². The van der Waals surface area contributed by atoms with Crippen molar-refractivity contribution in [2.24, 2.45) is 0 Å². The van der Waals surface area contributed by atoms with Gasteiger partial charge >= 0.3 is 12.5 Å². The van der Waals surface area contributed by atoms with Gasteiger partial charge in [0.25, 0.3) is 0 Å². The van der Waals surface area contributed by atoms with Crippen molar-refractivity contribution in [1.82, 2.24) is 9.78 Å². The van der Waals surface area contributed by atoms with Gasteiger partial charge < -0.3 is 0 Å². The minimum absolute atomic E-state index is 0.0309. The van der Waals surface area contributed by atoms with Gasteiger partial charge in [-0.1, -0.05) is 42.5 Å². The lowest BCUT2D eigenvalue weighted by Crippen LogP contribution is -2.20. The molecule has 0 aliphatic heterocycles. The third-order valence-electron chi connectivity index (χ3n) is 3.31. The van der Waals surface area contributed by atoms with Crippen molar-refractivity contribution >= 4 is 10.8 Å². The molecule has 1 heterocycles. The van der Waals surface area contributed by atoms with E-state index in [1.165, 1.54) is 12.1 Å². The molecule has 0 aliphatic rings. The number of hydrogen-bond acceptors (Lipinski definition) is 1. The quantitative estimate of drug-likeness (QED) is 0.561. The molecule has 0 amide bonds. The molecule has 0 saturated carbocycles. The zero-order valence-electron chi connectivity index (χ0n) is 11.3. The SMILES string of the molecule is FC(F)(F)c1cc(-c2cccc3ccccc23)n(C(F)(F)F)n1. The summed E-state index contributed by atoms with van der Waals surface area (Å²) in [5, 5.41) is 3.73. The highest BCUT2D eigenvalue weighted by molar-refractivity contribution is 5.95. The van der Waals surface area contributed by atoms with E-state index < -0.39 is 28.5 Å². The number of fused-ring (bicyclic) bond motifs is 1. The van der Waals surface area contributed by atoms with E-state index in [1.54, 1.807) is 30.3 Å². The van der Waals surface area contributed by atoms with Crippen LogP contribution >= 0.6 is 0 Å². The Labute approximate surface area is 126 Å². The summed E-state index contributed by atoms with van der Waals surface area (Å²) in [4.78, 5) is 0. The molecule has 0 radical (unpaired) electrons. The molecule has 0 aliphatic carbocycles. The second-order valence-electron chi connectivity index (χ2n) is 4.82. The summed E-state index contributed by atoms with van der Waals surface area (Å²) < 4.78 is 76.9. The van der Waals surface area contributed by atoms with Crippen LogP contribution in [0.25, 0.3) is 22.0 Å². The van der Waals surface area contributed by atoms with Crippen LogP contribution in [0.1, 0.15) is 5.69 Å². The maximum Gasteiger partial charge on any atom is 0.505 e. The first kappa shape index (κ1) is 15.4. The van der Waals surface area contributed by atoms with Crippen LogP contribution in [-0.2, 0) is 12.5 Å². The molecule has 120 valence electrons. The van der Waals surface area contributed by atoms with Gasteiger partial charge in [-0.2, -0.15) is 23.0 Å². The van der Waals surface area contributed by atoms with Gasteiger partial charge in [0.15, 0.2) is 5.69 Å². The van der Waals surface area contributed by atoms with Gasteiger partial charge in [-0.05, 0) is 16.8 Å². The highest BCUT2D eigenvalue weighted by atomic mass is 19.4. The van der Waals surface area contributed by atoms with Crippen molar-refractivity contribution in [3.8, 4) is 11.3 Å². The maximum absolute atomic E-state index is 13.1. The Morgan fingerprint density at radius 2 is 1.48 bits per heavy atom. The van der Waals surface area contributed by atoms with E-state index in [0.29, 0.717) is 16.8 Å². The van der Waals surface area contributed by atoms with Gasteiger partial charge in [-0.25, -0.2) is 0 Å². The normalized spacial score (nSPS) is 12.8. The number of alkyl halides is 6. The van der Waals surface area contributed by atoms with Crippen molar-refractivity contribution in [2.45, 2.75) is 12.5 Å². The molecule has 3 rings (SSSR count). The fourth-order valence-corrected chi connectivity index (χ4v) is 2.35. The first-order chi connectivity index (χ1) is 10.7. The van der Waals surface area contributed by atoms with Crippen molar-refractivity contribution < 1.29 is 26.3 Å². The second kappa shape index (κ2) is 5.00. The van der Waals surface area contributed by atoms with E-state index in [2.05, 4.69) is 5.10 Å². The van der Waals surface area contributed by atoms with Gasteiger partial charge in [-0.3, -0.25) is 0 Å². The Kier molecular flexibility index (Phi) is 3.35. The second-order valence-corrected chi connectivity index (χ2v) is 4.82. The van der Waals surface area contributed by atoms with Crippen molar-refractivity contribution in [3.05, 3.63) is 54.2 Å². The Morgan fingerprint density at radius 3 is 2.13 bits per heavy atom. The Hall–Kier alpha value is -2.51. The van der Waals surface area contributed by atoms with Crippen molar-refractivity contribution in [1.29, 1.82) is 0 Å². The van der Waals surface area contributed by atoms with Gasteiger partial charge in [0.05, 0.1) is 5.69 Å². The van der Waals surface area contributed by atoms with Crippen LogP contribution in [0.5, 0.6) is 0 Å². The van der Waals surface area contributed by atoms with Gasteiger partial charge in [0.2, 0.25) is 0 Å². The Bertz CT molecular complexity index is 855. The summed E-state index contributed by atoms with van der Waals surface area (Å²) in [5.74, 6) is 0. The van der Waals surface area contributed by atoms with E-state index >= 15 is 0 Å². The molecule has 2 nitrogen and oxygen atoms in total. The summed E-state index contributed by atoms with van der Waals surface area (Å²) in [6, 6.07) is 11.4. The molecule has 1 aromatic heterocycles. The van der Waals surface area contributed by atoms with Crippen LogP contribution in [0, 0.1) is 0 Å². The summed E-state index contributed by atoms with van der Waals surface area (Å²) in [7, 11) is 0. The number of aromatic nitrogens is 2. The lowest BCUT2D eigenvalue weighted by Gasteiger charge is -2.12. The highest BCUT2D eigenvalue weighted by Crippen LogP contribution is 2.38. The first-order valence-corrected chi connectivity index (χ1v) is 6.40. The Balaban J connectivity index is 2.32. The van der Waals surface area contributed by atoms with Crippen molar-refractivity contribution in [3.63, 3.8) is 0 Å². The fraction of sp³-hybridized carbons (Fsp3) is 0.133. The summed E-state index contributed by atoms with van der Waals surface area (Å²) in [5.41, 5.74) is -2.21. The highest BCUT2D eigenvalue weighted by Gasteiger charge is 2.41. The predicted octanol–water partition coefficient (Wildman–Crippen LogP) is 5.20. The minimum atomic E-state index is -5.06. The molecule has 0 atom stereocenters. The van der Waals surface area contributed by atoms with Crippen LogP contribution in [0.4, 0.5) is 26.3 Å². The number of halogens is 6.